The summed E-state index contributed by atoms with van der Waals surface area (Å²) in [7, 11) is 2.07. The van der Waals surface area contributed by atoms with Crippen molar-refractivity contribution in [2.24, 2.45) is 4.99 Å². The number of piperazine rings is 1. The van der Waals surface area contributed by atoms with Gasteiger partial charge in [0.1, 0.15) is 11.4 Å². The van der Waals surface area contributed by atoms with Gasteiger partial charge in [0.25, 0.3) is 5.91 Å². The number of amides is 1. The number of nitrogens with one attached hydrogen (secondary N) is 1. The van der Waals surface area contributed by atoms with Crippen LogP contribution in [-0.2, 0) is 0 Å². The number of benzene rings is 2. The van der Waals surface area contributed by atoms with Crippen LogP contribution >= 0.6 is 23.2 Å². The number of hydrogen-bond donors (Lipinski definition) is 1. The molecule has 0 bridgehead atoms. The predicted octanol–water partition coefficient (Wildman–Crippen LogP) is 4.56. The normalized spacial score (nSPS) is 17.4. The number of fused-ring (bicyclic) bond motifs is 3. The summed E-state index contributed by atoms with van der Waals surface area (Å²) in [5.74, 6) is 0.399. The van der Waals surface area contributed by atoms with Gasteiger partial charge in [-0.1, -0.05) is 29.3 Å². The van der Waals surface area contributed by atoms with Gasteiger partial charge in [-0.3, -0.25) is 14.7 Å². The molecule has 0 unspecified atom stereocenters. The molecule has 0 spiro atoms. The van der Waals surface area contributed by atoms with Crippen LogP contribution in [0.4, 0.5) is 33.2 Å². The highest BCUT2D eigenvalue weighted by Gasteiger charge is 2.41. The fourth-order valence-corrected chi connectivity index (χ4v) is 5.67. The Hall–Kier alpha value is -3.47. The van der Waals surface area contributed by atoms with Crippen LogP contribution in [0.2, 0.25) is 10.0 Å². The molecule has 1 amide bonds. The van der Waals surface area contributed by atoms with Crippen LogP contribution in [0.5, 0.6) is 0 Å². The Labute approximate surface area is 229 Å². The van der Waals surface area contributed by atoms with Gasteiger partial charge in [0.2, 0.25) is 11.9 Å². The third-order valence-corrected chi connectivity index (χ3v) is 7.58. The van der Waals surface area contributed by atoms with Crippen LogP contribution < -0.4 is 20.0 Å². The number of nitrogens with zero attached hydrogens (tertiary/aromatic N) is 7. The Kier molecular flexibility index (Phi) is 6.33. The molecule has 1 fully saturated rings. The van der Waals surface area contributed by atoms with Crippen molar-refractivity contribution in [2.45, 2.75) is 6.92 Å². The quantitative estimate of drug-likeness (QED) is 0.506. The Balaban J connectivity index is 1.31. The molecule has 9 nitrogen and oxygen atoms in total. The molecule has 1 saturated heterocycles. The number of aliphatic imine (C=N–C) groups is 1. The largest absolute Gasteiger partial charge is 0.366 e. The zero-order valence-electron chi connectivity index (χ0n) is 20.9. The van der Waals surface area contributed by atoms with Gasteiger partial charge < -0.3 is 15.1 Å². The molecule has 0 aliphatic carbocycles. The number of hydrogen-bond acceptors (Lipinski definition) is 8. The van der Waals surface area contributed by atoms with Gasteiger partial charge in [-0.05, 0) is 43.8 Å². The number of aryl methyl sites for hydroxylation is 1. The molecule has 1 aromatic heterocycles. The molecule has 3 aromatic rings. The number of anilines is 5. The first-order valence-electron chi connectivity index (χ1n) is 12.3. The first kappa shape index (κ1) is 24.8. The van der Waals surface area contributed by atoms with Crippen molar-refractivity contribution in [3.05, 3.63) is 63.5 Å². The third-order valence-electron chi connectivity index (χ3n) is 6.97. The van der Waals surface area contributed by atoms with E-state index in [1.165, 1.54) is 17.2 Å². The van der Waals surface area contributed by atoms with Gasteiger partial charge in [-0.25, -0.2) is 14.3 Å². The monoisotopic (exact) mass is 554 g/mol. The number of halogens is 3. The van der Waals surface area contributed by atoms with Crippen molar-refractivity contribution >= 4 is 63.9 Å². The van der Waals surface area contributed by atoms with Crippen LogP contribution in [0, 0.1) is 12.7 Å². The molecule has 0 radical (unpaired) electrons. The molecule has 12 heteroatoms. The summed E-state index contributed by atoms with van der Waals surface area (Å²) in [6.45, 7) is 6.24. The molecule has 1 N–H and O–H groups in total. The van der Waals surface area contributed by atoms with E-state index in [9.17, 15) is 4.79 Å². The molecule has 196 valence electrons. The minimum absolute atomic E-state index is 0.248. The molecular formula is C26H25Cl2FN8O. The second kappa shape index (κ2) is 9.68. The summed E-state index contributed by atoms with van der Waals surface area (Å²) in [5, 5.41) is 3.77. The SMILES string of the molecule is Cc1cc(Nc2ncc3c(n2)N2CCN=C2N(c2c(Cl)cccc2Cl)C3=O)cc(F)c1N1CCN(C)CC1. The van der Waals surface area contributed by atoms with Crippen molar-refractivity contribution in [2.75, 3.05) is 66.3 Å². The van der Waals surface area contributed by atoms with E-state index in [-0.39, 0.29) is 17.7 Å². The lowest BCUT2D eigenvalue weighted by Crippen LogP contribution is -2.51. The van der Waals surface area contributed by atoms with Crippen molar-refractivity contribution in [3.8, 4) is 0 Å². The molecule has 2 aromatic carbocycles. The smallest absolute Gasteiger partial charge is 0.270 e. The lowest BCUT2D eigenvalue weighted by Gasteiger charge is -2.35. The second-order valence-corrected chi connectivity index (χ2v) is 10.3. The van der Waals surface area contributed by atoms with E-state index in [0.717, 1.165) is 31.7 Å². The minimum Gasteiger partial charge on any atom is -0.366 e. The number of para-hydroxylation sites is 1. The minimum atomic E-state index is -0.378. The lowest BCUT2D eigenvalue weighted by molar-refractivity contribution is 0.1000. The number of carbonyl (C=O) groups excluding carboxylic acids is 1. The van der Waals surface area contributed by atoms with E-state index >= 15 is 4.39 Å². The number of carbonyl (C=O) groups is 1. The number of likely N-dealkylation sites (N-methyl/N-ethyl adjacent to an activating group) is 1. The topological polar surface area (TPSA) is 80.2 Å². The van der Waals surface area contributed by atoms with Gasteiger partial charge in [-0.2, -0.15) is 4.98 Å². The average Bonchev–Trinajstić information content (AvgIpc) is 3.36. The maximum atomic E-state index is 15.2. The van der Waals surface area contributed by atoms with Crippen molar-refractivity contribution in [1.29, 1.82) is 0 Å². The second-order valence-electron chi connectivity index (χ2n) is 9.51. The van der Waals surface area contributed by atoms with Crippen molar-refractivity contribution in [3.63, 3.8) is 0 Å². The van der Waals surface area contributed by atoms with E-state index < -0.39 is 0 Å². The highest BCUT2D eigenvalue weighted by Crippen LogP contribution is 2.40. The predicted molar refractivity (Wildman–Crippen MR) is 149 cm³/mol. The molecule has 0 atom stereocenters. The van der Waals surface area contributed by atoms with E-state index in [1.807, 2.05) is 17.9 Å². The Morgan fingerprint density at radius 3 is 2.47 bits per heavy atom. The van der Waals surface area contributed by atoms with E-state index in [2.05, 4.69) is 37.1 Å². The van der Waals surface area contributed by atoms with E-state index in [0.29, 0.717) is 57.5 Å². The maximum absolute atomic E-state index is 15.2. The zero-order chi connectivity index (χ0) is 26.6. The van der Waals surface area contributed by atoms with Crippen molar-refractivity contribution < 1.29 is 9.18 Å². The van der Waals surface area contributed by atoms with Crippen molar-refractivity contribution in [1.82, 2.24) is 14.9 Å². The van der Waals surface area contributed by atoms with Gasteiger partial charge in [0, 0.05) is 44.6 Å². The van der Waals surface area contributed by atoms with Crippen LogP contribution in [0.15, 0.2) is 41.5 Å². The number of rotatable bonds is 4. The first-order chi connectivity index (χ1) is 18.3. The fourth-order valence-electron chi connectivity index (χ4n) is 5.10. The van der Waals surface area contributed by atoms with Gasteiger partial charge in [0.05, 0.1) is 28.0 Å². The number of aromatic nitrogens is 2. The van der Waals surface area contributed by atoms with Gasteiger partial charge in [-0.15, -0.1) is 0 Å². The highest BCUT2D eigenvalue weighted by molar-refractivity contribution is 6.43. The molecule has 0 saturated carbocycles. The van der Waals surface area contributed by atoms with Gasteiger partial charge in [0.15, 0.2) is 5.82 Å². The molecular weight excluding hydrogens is 530 g/mol. The Bertz CT molecular complexity index is 1430. The average molecular weight is 555 g/mol. The summed E-state index contributed by atoms with van der Waals surface area (Å²) in [4.78, 5) is 34.7. The number of guanidine groups is 1. The fraction of sp³-hybridized carbons (Fsp3) is 0.308. The van der Waals surface area contributed by atoms with E-state index in [4.69, 9.17) is 23.2 Å². The van der Waals surface area contributed by atoms with Crippen LogP contribution in [-0.4, -0.2) is 73.1 Å². The van der Waals surface area contributed by atoms with Crippen LogP contribution in [0.1, 0.15) is 15.9 Å². The summed E-state index contributed by atoms with van der Waals surface area (Å²) >= 11 is 12.8. The zero-order valence-corrected chi connectivity index (χ0v) is 22.4. The van der Waals surface area contributed by atoms with Gasteiger partial charge >= 0.3 is 0 Å². The molecule has 3 aliphatic heterocycles. The van der Waals surface area contributed by atoms with Crippen LogP contribution in [0.3, 0.4) is 0 Å². The Morgan fingerprint density at radius 1 is 1.03 bits per heavy atom. The summed E-state index contributed by atoms with van der Waals surface area (Å²) < 4.78 is 15.2. The molecule has 6 rings (SSSR count). The van der Waals surface area contributed by atoms with E-state index in [1.54, 1.807) is 18.2 Å². The standard InChI is InChI=1S/C26H25Cl2FN8O/c1-15-12-16(13-20(29)21(15)35-10-8-34(2)9-11-35)32-25-31-14-17-23(33-25)36-7-6-30-26(36)37(24(17)38)22-18(27)4-3-5-19(22)28/h3-5,12-14H,6-11H2,1-2H3,(H,31,32,33). The van der Waals surface area contributed by atoms with Crippen LogP contribution in [0.25, 0.3) is 0 Å². The lowest BCUT2D eigenvalue weighted by atomic mass is 10.1. The summed E-state index contributed by atoms with van der Waals surface area (Å²) in [6, 6.07) is 8.40. The molecule has 4 heterocycles. The maximum Gasteiger partial charge on any atom is 0.270 e. The summed E-state index contributed by atoms with van der Waals surface area (Å²) in [5.41, 5.74) is 2.63. The first-order valence-corrected chi connectivity index (χ1v) is 13.1. The molecule has 3 aliphatic rings. The summed E-state index contributed by atoms with van der Waals surface area (Å²) in [6.07, 6.45) is 1.46. The highest BCUT2D eigenvalue weighted by atomic mass is 35.5. The molecule has 38 heavy (non-hydrogen) atoms. The third kappa shape index (κ3) is 4.22. The Morgan fingerprint density at radius 2 is 1.76 bits per heavy atom.